The van der Waals surface area contributed by atoms with Crippen molar-refractivity contribution in [3.63, 3.8) is 0 Å². The maximum Gasteiger partial charge on any atom is 0.241 e. The van der Waals surface area contributed by atoms with Crippen LogP contribution in [0.25, 0.3) is 0 Å². The lowest BCUT2D eigenvalue weighted by molar-refractivity contribution is -0.131. The molecule has 0 aliphatic heterocycles. The first-order chi connectivity index (χ1) is 6.84. The fourth-order valence-corrected chi connectivity index (χ4v) is 0.854. The summed E-state index contributed by atoms with van der Waals surface area (Å²) in [6.07, 6.45) is 0.262. The maximum atomic E-state index is 11.3. The van der Waals surface area contributed by atoms with Crippen molar-refractivity contribution >= 4 is 11.8 Å². The average Bonchev–Trinajstić information content (AvgIpc) is 2.13. The summed E-state index contributed by atoms with van der Waals surface area (Å²) in [4.78, 5) is 23.9. The molecule has 88 valence electrons. The van der Waals surface area contributed by atoms with Gasteiger partial charge in [0, 0.05) is 26.6 Å². The molecule has 15 heavy (non-hydrogen) atoms. The van der Waals surface area contributed by atoms with Crippen molar-refractivity contribution in [1.82, 2.24) is 10.2 Å². The van der Waals surface area contributed by atoms with Crippen molar-refractivity contribution in [2.24, 2.45) is 11.7 Å². The van der Waals surface area contributed by atoms with Gasteiger partial charge in [0.2, 0.25) is 11.8 Å². The minimum Gasteiger partial charge on any atom is -0.347 e. The number of carbonyl (C=O) groups excluding carboxylic acids is 2. The van der Waals surface area contributed by atoms with Crippen LogP contribution in [0.2, 0.25) is 0 Å². The number of nitrogens with one attached hydrogen (secondary N) is 1. The van der Waals surface area contributed by atoms with Gasteiger partial charge in [0.15, 0.2) is 0 Å². The molecule has 1 unspecified atom stereocenters. The lowest BCUT2D eigenvalue weighted by atomic mass is 10.0. The number of hydrogen-bond donors (Lipinski definition) is 2. The lowest BCUT2D eigenvalue weighted by Gasteiger charge is -2.15. The predicted molar refractivity (Wildman–Crippen MR) is 59.1 cm³/mol. The summed E-state index contributed by atoms with van der Waals surface area (Å²) < 4.78 is 0. The van der Waals surface area contributed by atoms with Crippen LogP contribution in [0.4, 0.5) is 0 Å². The molecule has 0 aliphatic carbocycles. The summed E-state index contributed by atoms with van der Waals surface area (Å²) in [6.45, 7) is 3.96. The SMILES string of the molecule is CC(C)C(N)CC(=O)NCC(=O)N(C)C. The van der Waals surface area contributed by atoms with E-state index in [1.165, 1.54) is 4.90 Å². The molecular formula is C10H21N3O2. The minimum atomic E-state index is -0.175. The molecule has 0 saturated heterocycles. The monoisotopic (exact) mass is 215 g/mol. The Kier molecular flexibility index (Phi) is 5.93. The number of carbonyl (C=O) groups is 2. The maximum absolute atomic E-state index is 11.3. The molecular weight excluding hydrogens is 194 g/mol. The highest BCUT2D eigenvalue weighted by Crippen LogP contribution is 2.01. The summed E-state index contributed by atoms with van der Waals surface area (Å²) in [7, 11) is 3.29. The highest BCUT2D eigenvalue weighted by molar-refractivity contribution is 5.84. The first-order valence-corrected chi connectivity index (χ1v) is 5.07. The Hall–Kier alpha value is -1.10. The molecule has 2 amide bonds. The summed E-state index contributed by atoms with van der Waals surface area (Å²) in [5.41, 5.74) is 5.73. The molecule has 5 nitrogen and oxygen atoms in total. The normalized spacial score (nSPS) is 12.4. The topological polar surface area (TPSA) is 75.4 Å². The Morgan fingerprint density at radius 3 is 2.27 bits per heavy atom. The van der Waals surface area contributed by atoms with Gasteiger partial charge >= 0.3 is 0 Å². The first kappa shape index (κ1) is 13.9. The second kappa shape index (κ2) is 6.40. The van der Waals surface area contributed by atoms with E-state index < -0.39 is 0 Å². The third kappa shape index (κ3) is 6.06. The number of nitrogens with zero attached hydrogens (tertiary/aromatic N) is 1. The fraction of sp³-hybridized carbons (Fsp3) is 0.800. The molecule has 0 aliphatic rings. The molecule has 0 saturated carbocycles. The molecule has 1 atom stereocenters. The Morgan fingerprint density at radius 1 is 1.33 bits per heavy atom. The smallest absolute Gasteiger partial charge is 0.241 e. The lowest BCUT2D eigenvalue weighted by Crippen LogP contribution is -2.39. The first-order valence-electron chi connectivity index (χ1n) is 5.07. The van der Waals surface area contributed by atoms with E-state index in [4.69, 9.17) is 5.73 Å². The Bertz CT molecular complexity index is 227. The van der Waals surface area contributed by atoms with Crippen molar-refractivity contribution in [2.75, 3.05) is 20.6 Å². The Labute approximate surface area is 91.0 Å². The van der Waals surface area contributed by atoms with Crippen LogP contribution >= 0.6 is 0 Å². The van der Waals surface area contributed by atoms with E-state index in [1.54, 1.807) is 14.1 Å². The van der Waals surface area contributed by atoms with Crippen LogP contribution in [0.3, 0.4) is 0 Å². The minimum absolute atomic E-state index is 0.0383. The van der Waals surface area contributed by atoms with Crippen molar-refractivity contribution in [3.05, 3.63) is 0 Å². The molecule has 3 N–H and O–H groups in total. The van der Waals surface area contributed by atoms with Gasteiger partial charge in [-0.25, -0.2) is 0 Å². The average molecular weight is 215 g/mol. The second-order valence-corrected chi connectivity index (χ2v) is 4.18. The van der Waals surface area contributed by atoms with Gasteiger partial charge in [-0.3, -0.25) is 9.59 Å². The van der Waals surface area contributed by atoms with Gasteiger partial charge in [-0.2, -0.15) is 0 Å². The molecule has 0 aromatic carbocycles. The highest BCUT2D eigenvalue weighted by Gasteiger charge is 2.13. The van der Waals surface area contributed by atoms with Crippen molar-refractivity contribution in [3.8, 4) is 0 Å². The van der Waals surface area contributed by atoms with E-state index in [-0.39, 0.29) is 36.7 Å². The summed E-state index contributed by atoms with van der Waals surface area (Å²) in [6, 6.07) is -0.153. The van der Waals surface area contributed by atoms with Gasteiger partial charge in [0.1, 0.15) is 0 Å². The quantitative estimate of drug-likeness (QED) is 0.653. The van der Waals surface area contributed by atoms with E-state index in [1.807, 2.05) is 13.8 Å². The molecule has 0 bridgehead atoms. The number of nitrogens with two attached hydrogens (primary N) is 1. The molecule has 0 aromatic rings. The van der Waals surface area contributed by atoms with E-state index >= 15 is 0 Å². The van der Waals surface area contributed by atoms with E-state index in [0.29, 0.717) is 0 Å². The van der Waals surface area contributed by atoms with Crippen LogP contribution in [0.1, 0.15) is 20.3 Å². The summed E-state index contributed by atoms with van der Waals surface area (Å²) in [5.74, 6) is -0.0341. The van der Waals surface area contributed by atoms with Crippen LogP contribution in [-0.2, 0) is 9.59 Å². The number of likely N-dealkylation sites (N-methyl/N-ethyl adjacent to an activating group) is 1. The molecule has 5 heteroatoms. The van der Waals surface area contributed by atoms with Gasteiger partial charge in [-0.1, -0.05) is 13.8 Å². The Balaban J connectivity index is 3.81. The van der Waals surface area contributed by atoms with E-state index in [9.17, 15) is 9.59 Å². The zero-order chi connectivity index (χ0) is 12.0. The van der Waals surface area contributed by atoms with E-state index in [2.05, 4.69) is 5.32 Å². The number of hydrogen-bond acceptors (Lipinski definition) is 3. The molecule has 0 heterocycles. The largest absolute Gasteiger partial charge is 0.347 e. The zero-order valence-electron chi connectivity index (χ0n) is 9.91. The Morgan fingerprint density at radius 2 is 1.87 bits per heavy atom. The molecule has 0 fully saturated rings. The molecule has 0 rings (SSSR count). The zero-order valence-corrected chi connectivity index (χ0v) is 9.91. The van der Waals surface area contributed by atoms with Crippen molar-refractivity contribution in [2.45, 2.75) is 26.3 Å². The van der Waals surface area contributed by atoms with Crippen molar-refractivity contribution < 1.29 is 9.59 Å². The van der Waals surface area contributed by atoms with Crippen LogP contribution in [0, 0.1) is 5.92 Å². The van der Waals surface area contributed by atoms with Gasteiger partial charge in [0.25, 0.3) is 0 Å². The second-order valence-electron chi connectivity index (χ2n) is 4.18. The van der Waals surface area contributed by atoms with Crippen LogP contribution < -0.4 is 11.1 Å². The number of rotatable bonds is 5. The summed E-state index contributed by atoms with van der Waals surface area (Å²) >= 11 is 0. The predicted octanol–water partition coefficient (Wildman–Crippen LogP) is -0.436. The van der Waals surface area contributed by atoms with Crippen LogP contribution in [0.5, 0.6) is 0 Å². The van der Waals surface area contributed by atoms with Crippen LogP contribution in [0.15, 0.2) is 0 Å². The highest BCUT2D eigenvalue weighted by atomic mass is 16.2. The van der Waals surface area contributed by atoms with Gasteiger partial charge in [-0.05, 0) is 5.92 Å². The van der Waals surface area contributed by atoms with Crippen molar-refractivity contribution in [1.29, 1.82) is 0 Å². The number of amides is 2. The summed E-state index contributed by atoms with van der Waals surface area (Å²) in [5, 5.41) is 2.54. The van der Waals surface area contributed by atoms with Gasteiger partial charge < -0.3 is 16.0 Å². The third-order valence-corrected chi connectivity index (χ3v) is 2.21. The standard InChI is InChI=1S/C10H21N3O2/c1-7(2)8(11)5-9(14)12-6-10(15)13(3)4/h7-8H,5-6,11H2,1-4H3,(H,12,14). The third-order valence-electron chi connectivity index (χ3n) is 2.21. The molecule has 0 radical (unpaired) electrons. The van der Waals surface area contributed by atoms with Crippen LogP contribution in [-0.4, -0.2) is 43.4 Å². The molecule has 0 spiro atoms. The van der Waals surface area contributed by atoms with E-state index in [0.717, 1.165) is 0 Å². The van der Waals surface area contributed by atoms with Gasteiger partial charge in [0.05, 0.1) is 6.54 Å². The fourth-order valence-electron chi connectivity index (χ4n) is 0.854. The van der Waals surface area contributed by atoms with Gasteiger partial charge in [-0.15, -0.1) is 0 Å². The molecule has 0 aromatic heterocycles.